The molecule has 2 amide bonds. The lowest BCUT2D eigenvalue weighted by molar-refractivity contribution is -0.167. The summed E-state index contributed by atoms with van der Waals surface area (Å²) >= 11 is 0. The number of methoxy groups -OCH3 is 1. The number of imide groups is 1. The van der Waals surface area contributed by atoms with E-state index in [-0.39, 0.29) is 12.5 Å². The Labute approximate surface area is 111 Å². The molecular weight excluding hydrogens is 250 g/mol. The maximum atomic E-state index is 12.0. The van der Waals surface area contributed by atoms with Crippen molar-refractivity contribution in [3.8, 4) is 0 Å². The Balaban J connectivity index is 2.16. The lowest BCUT2D eigenvalue weighted by Gasteiger charge is -2.35. The Morgan fingerprint density at radius 1 is 1.16 bits per heavy atom. The average molecular weight is 267 g/mol. The molecule has 6 heteroatoms. The molecule has 1 saturated heterocycles. The first-order valence-corrected chi connectivity index (χ1v) is 6.54. The molecule has 1 atom stereocenters. The largest absolute Gasteiger partial charge is 0.468 e. The van der Waals surface area contributed by atoms with Crippen molar-refractivity contribution < 1.29 is 23.9 Å². The SMILES string of the molecule is COC(=O)[C@H]1CC(=O)N(C2CCCCC2)C(=O)C1=O. The number of Topliss-reactive ketones (excluding diaryl/α,β-unsaturated/α-hetero) is 1. The monoisotopic (exact) mass is 267 g/mol. The number of piperidine rings is 1. The predicted molar refractivity (Wildman–Crippen MR) is 63.9 cm³/mol. The number of ether oxygens (including phenoxy) is 1. The molecule has 0 aromatic carbocycles. The third-order valence-electron chi connectivity index (χ3n) is 3.82. The molecule has 0 aromatic heterocycles. The Morgan fingerprint density at radius 3 is 2.37 bits per heavy atom. The fourth-order valence-electron chi connectivity index (χ4n) is 2.79. The smallest absolute Gasteiger partial charge is 0.317 e. The zero-order valence-electron chi connectivity index (χ0n) is 10.9. The second-order valence-electron chi connectivity index (χ2n) is 5.00. The zero-order chi connectivity index (χ0) is 14.0. The summed E-state index contributed by atoms with van der Waals surface area (Å²) in [4.78, 5) is 48.4. The summed E-state index contributed by atoms with van der Waals surface area (Å²) in [5, 5.41) is 0. The molecule has 0 aromatic rings. The molecule has 0 N–H and O–H groups in total. The van der Waals surface area contributed by atoms with Crippen LogP contribution in [0.1, 0.15) is 38.5 Å². The molecule has 2 rings (SSSR count). The van der Waals surface area contributed by atoms with Crippen LogP contribution in [-0.4, -0.2) is 41.6 Å². The molecule has 1 aliphatic carbocycles. The maximum Gasteiger partial charge on any atom is 0.317 e. The van der Waals surface area contributed by atoms with Crippen LogP contribution in [0.5, 0.6) is 0 Å². The van der Waals surface area contributed by atoms with Gasteiger partial charge in [0, 0.05) is 12.5 Å². The minimum atomic E-state index is -1.26. The molecule has 0 bridgehead atoms. The fraction of sp³-hybridized carbons (Fsp3) is 0.692. The zero-order valence-corrected chi connectivity index (χ0v) is 10.9. The van der Waals surface area contributed by atoms with Gasteiger partial charge in [-0.2, -0.15) is 0 Å². The van der Waals surface area contributed by atoms with Gasteiger partial charge in [-0.05, 0) is 12.8 Å². The van der Waals surface area contributed by atoms with Crippen molar-refractivity contribution in [1.82, 2.24) is 4.90 Å². The van der Waals surface area contributed by atoms with E-state index in [4.69, 9.17) is 0 Å². The summed E-state index contributed by atoms with van der Waals surface area (Å²) < 4.78 is 4.45. The normalized spacial score (nSPS) is 25.6. The summed E-state index contributed by atoms with van der Waals surface area (Å²) in [5.41, 5.74) is 0. The van der Waals surface area contributed by atoms with Gasteiger partial charge in [0.1, 0.15) is 5.92 Å². The molecule has 19 heavy (non-hydrogen) atoms. The fourth-order valence-corrected chi connectivity index (χ4v) is 2.79. The van der Waals surface area contributed by atoms with Crippen LogP contribution in [0.2, 0.25) is 0 Å². The highest BCUT2D eigenvalue weighted by atomic mass is 16.5. The standard InChI is InChI=1S/C13H17NO5/c1-19-13(18)9-7-10(15)14(12(17)11(9)16)8-5-3-2-4-6-8/h8-9H,2-7H2,1H3/t9-/m0/s1. The van der Waals surface area contributed by atoms with Crippen LogP contribution in [0.25, 0.3) is 0 Å². The second kappa shape index (κ2) is 5.50. The van der Waals surface area contributed by atoms with Crippen LogP contribution in [0.15, 0.2) is 0 Å². The van der Waals surface area contributed by atoms with Crippen molar-refractivity contribution >= 4 is 23.6 Å². The van der Waals surface area contributed by atoms with Crippen LogP contribution in [0, 0.1) is 5.92 Å². The lowest BCUT2D eigenvalue weighted by atomic mass is 9.88. The minimum Gasteiger partial charge on any atom is -0.468 e. The summed E-state index contributed by atoms with van der Waals surface area (Å²) in [7, 11) is 1.14. The molecule has 0 spiro atoms. The van der Waals surface area contributed by atoms with Gasteiger partial charge < -0.3 is 4.74 Å². The molecule has 0 radical (unpaired) electrons. The number of nitrogens with zero attached hydrogens (tertiary/aromatic N) is 1. The Kier molecular flexibility index (Phi) is 3.97. The first kappa shape index (κ1) is 13.7. The summed E-state index contributed by atoms with van der Waals surface area (Å²) in [6.45, 7) is 0. The van der Waals surface area contributed by atoms with Gasteiger partial charge in [0.15, 0.2) is 0 Å². The molecule has 1 aliphatic heterocycles. The van der Waals surface area contributed by atoms with E-state index in [1.807, 2.05) is 0 Å². The van der Waals surface area contributed by atoms with E-state index in [0.29, 0.717) is 0 Å². The van der Waals surface area contributed by atoms with E-state index < -0.39 is 29.5 Å². The number of amides is 2. The number of hydrogen-bond acceptors (Lipinski definition) is 5. The number of likely N-dealkylation sites (tertiary alicyclic amines) is 1. The molecular formula is C13H17NO5. The van der Waals surface area contributed by atoms with Crippen molar-refractivity contribution in [2.45, 2.75) is 44.6 Å². The van der Waals surface area contributed by atoms with Crippen LogP contribution < -0.4 is 0 Å². The highest BCUT2D eigenvalue weighted by molar-refractivity contribution is 6.44. The van der Waals surface area contributed by atoms with Gasteiger partial charge in [-0.15, -0.1) is 0 Å². The van der Waals surface area contributed by atoms with Crippen molar-refractivity contribution in [3.63, 3.8) is 0 Å². The quantitative estimate of drug-likeness (QED) is 0.314. The summed E-state index contributed by atoms with van der Waals surface area (Å²) in [5.74, 6) is -4.18. The third kappa shape index (κ3) is 2.52. The van der Waals surface area contributed by atoms with E-state index in [1.54, 1.807) is 0 Å². The van der Waals surface area contributed by atoms with Gasteiger partial charge in [0.2, 0.25) is 11.7 Å². The van der Waals surface area contributed by atoms with Gasteiger partial charge in [-0.25, -0.2) is 0 Å². The first-order valence-electron chi connectivity index (χ1n) is 6.54. The van der Waals surface area contributed by atoms with Crippen LogP contribution in [-0.2, 0) is 23.9 Å². The number of carbonyl (C=O) groups is 4. The van der Waals surface area contributed by atoms with Crippen molar-refractivity contribution in [3.05, 3.63) is 0 Å². The number of rotatable bonds is 2. The molecule has 104 valence electrons. The van der Waals surface area contributed by atoms with E-state index in [1.165, 1.54) is 0 Å². The summed E-state index contributed by atoms with van der Waals surface area (Å²) in [6.07, 6.45) is 4.23. The molecule has 2 aliphatic rings. The van der Waals surface area contributed by atoms with Gasteiger partial charge in [0.25, 0.3) is 5.91 Å². The number of carbonyl (C=O) groups excluding carboxylic acids is 4. The first-order chi connectivity index (χ1) is 9.06. The van der Waals surface area contributed by atoms with E-state index in [0.717, 1.165) is 44.1 Å². The van der Waals surface area contributed by atoms with Crippen molar-refractivity contribution in [2.24, 2.45) is 5.92 Å². The van der Waals surface area contributed by atoms with Gasteiger partial charge in [-0.1, -0.05) is 19.3 Å². The average Bonchev–Trinajstić information content (AvgIpc) is 2.43. The van der Waals surface area contributed by atoms with Crippen molar-refractivity contribution in [1.29, 1.82) is 0 Å². The lowest BCUT2D eigenvalue weighted by Crippen LogP contribution is -2.55. The molecule has 1 heterocycles. The molecule has 0 unspecified atom stereocenters. The van der Waals surface area contributed by atoms with E-state index in [2.05, 4.69) is 4.74 Å². The van der Waals surface area contributed by atoms with Gasteiger partial charge >= 0.3 is 5.97 Å². The third-order valence-corrected chi connectivity index (χ3v) is 3.82. The van der Waals surface area contributed by atoms with E-state index >= 15 is 0 Å². The highest BCUT2D eigenvalue weighted by Crippen LogP contribution is 2.27. The van der Waals surface area contributed by atoms with Crippen molar-refractivity contribution in [2.75, 3.05) is 7.11 Å². The highest BCUT2D eigenvalue weighted by Gasteiger charge is 2.46. The Hall–Kier alpha value is -1.72. The minimum absolute atomic E-state index is 0.184. The topological polar surface area (TPSA) is 80.8 Å². The number of hydrogen-bond donors (Lipinski definition) is 0. The molecule has 6 nitrogen and oxygen atoms in total. The van der Waals surface area contributed by atoms with Crippen LogP contribution in [0.4, 0.5) is 0 Å². The Bertz CT molecular complexity index is 425. The van der Waals surface area contributed by atoms with Crippen LogP contribution >= 0.6 is 0 Å². The maximum absolute atomic E-state index is 12.0. The Morgan fingerprint density at radius 2 is 1.79 bits per heavy atom. The number of ketones is 1. The molecule has 1 saturated carbocycles. The summed E-state index contributed by atoms with van der Waals surface area (Å²) in [6, 6.07) is -0.184. The second-order valence-corrected chi connectivity index (χ2v) is 5.00. The van der Waals surface area contributed by atoms with Crippen LogP contribution in [0.3, 0.4) is 0 Å². The van der Waals surface area contributed by atoms with Gasteiger partial charge in [0.05, 0.1) is 7.11 Å². The van der Waals surface area contributed by atoms with E-state index in [9.17, 15) is 19.2 Å². The molecule has 2 fully saturated rings. The number of esters is 1. The predicted octanol–water partition coefficient (Wildman–Crippen LogP) is 0.436. The van der Waals surface area contributed by atoms with Gasteiger partial charge in [-0.3, -0.25) is 24.1 Å².